The molecule has 0 spiro atoms. The summed E-state index contributed by atoms with van der Waals surface area (Å²) in [5, 5.41) is 11.3. The number of likely N-dealkylation sites (N-methyl/N-ethyl adjacent to an activating group) is 1. The molecule has 1 aliphatic carbocycles. The van der Waals surface area contributed by atoms with Crippen molar-refractivity contribution in [3.8, 4) is 22.5 Å². The largest absolute Gasteiger partial charge is 0.349 e. The lowest BCUT2D eigenvalue weighted by molar-refractivity contribution is -0.111. The summed E-state index contributed by atoms with van der Waals surface area (Å²) < 4.78 is 1.89. The summed E-state index contributed by atoms with van der Waals surface area (Å²) in [4.78, 5) is 39.3. The molecule has 4 heterocycles. The molecule has 5 aromatic rings. The maximum Gasteiger partial charge on any atom is 0.254 e. The van der Waals surface area contributed by atoms with Gasteiger partial charge in [0.1, 0.15) is 5.69 Å². The maximum atomic E-state index is 13.6. The van der Waals surface area contributed by atoms with Crippen LogP contribution in [-0.4, -0.2) is 80.5 Å². The van der Waals surface area contributed by atoms with Gasteiger partial charge < -0.3 is 20.4 Å². The van der Waals surface area contributed by atoms with E-state index in [1.165, 1.54) is 6.08 Å². The Balaban J connectivity index is 1.06. The quantitative estimate of drug-likeness (QED) is 0.220. The third kappa shape index (κ3) is 5.99. The van der Waals surface area contributed by atoms with Gasteiger partial charge in [0.2, 0.25) is 11.9 Å². The molecule has 7 rings (SSSR count). The molecule has 1 saturated heterocycles. The standard InChI is InChI=1S/C36H36N8O2/c1-42(2)19-8-12-32(45)38-27-15-13-26(14-16-27)35(46)43-23-24-21-29(31(43)22-24)40-36-37-18-17-28(39-36)33-30-11-6-7-20-44(30)41-34(33)25-9-4-3-5-10-25/h3-18,20,24,29,31H,19,21-23H2,1-2H3,(H,38,45)(H,37,39,40)/b12-8+. The summed E-state index contributed by atoms with van der Waals surface area (Å²) in [6, 6.07) is 25.3. The maximum absolute atomic E-state index is 13.6. The second kappa shape index (κ2) is 12.6. The summed E-state index contributed by atoms with van der Waals surface area (Å²) in [7, 11) is 3.89. The van der Waals surface area contributed by atoms with Gasteiger partial charge in [-0.2, -0.15) is 5.10 Å². The van der Waals surface area contributed by atoms with E-state index >= 15 is 0 Å². The highest BCUT2D eigenvalue weighted by Gasteiger charge is 2.47. The minimum absolute atomic E-state index is 0.00344. The number of likely N-dealkylation sites (tertiary alicyclic amines) is 1. The second-order valence-corrected chi connectivity index (χ2v) is 12.2. The lowest BCUT2D eigenvalue weighted by Crippen LogP contribution is -2.47. The van der Waals surface area contributed by atoms with Crippen molar-refractivity contribution >= 4 is 29.0 Å². The molecule has 2 bridgehead atoms. The van der Waals surface area contributed by atoms with E-state index in [2.05, 4.69) is 27.8 Å². The number of pyridine rings is 1. The highest BCUT2D eigenvalue weighted by atomic mass is 16.2. The van der Waals surface area contributed by atoms with E-state index in [0.29, 0.717) is 29.7 Å². The number of nitrogens with zero attached hydrogens (tertiary/aromatic N) is 6. The molecule has 46 heavy (non-hydrogen) atoms. The summed E-state index contributed by atoms with van der Waals surface area (Å²) in [6.45, 7) is 1.42. The molecule has 2 aliphatic rings. The number of anilines is 2. The fourth-order valence-corrected chi connectivity index (χ4v) is 6.61. The van der Waals surface area contributed by atoms with E-state index < -0.39 is 0 Å². The van der Waals surface area contributed by atoms with Crippen molar-refractivity contribution in [2.75, 3.05) is 37.8 Å². The normalized spacial score (nSPS) is 18.9. The van der Waals surface area contributed by atoms with E-state index in [9.17, 15) is 9.59 Å². The smallest absolute Gasteiger partial charge is 0.254 e. The van der Waals surface area contributed by atoms with Crippen LogP contribution in [0.3, 0.4) is 0 Å². The molecule has 2 N–H and O–H groups in total. The molecular weight excluding hydrogens is 576 g/mol. The number of benzene rings is 2. The topological polar surface area (TPSA) is 108 Å². The summed E-state index contributed by atoms with van der Waals surface area (Å²) in [6.07, 6.45) is 8.96. The van der Waals surface area contributed by atoms with Gasteiger partial charge in [0, 0.05) is 54.4 Å². The zero-order valence-electron chi connectivity index (χ0n) is 25.9. The molecule has 2 fully saturated rings. The zero-order valence-corrected chi connectivity index (χ0v) is 25.9. The number of fused-ring (bicyclic) bond motifs is 3. The third-order valence-electron chi connectivity index (χ3n) is 8.70. The third-order valence-corrected chi connectivity index (χ3v) is 8.70. The van der Waals surface area contributed by atoms with Crippen molar-refractivity contribution in [2.45, 2.75) is 24.9 Å². The average Bonchev–Trinajstić information content (AvgIpc) is 3.78. The predicted octanol–water partition coefficient (Wildman–Crippen LogP) is 5.23. The first-order valence-electron chi connectivity index (χ1n) is 15.6. The molecule has 0 radical (unpaired) electrons. The predicted molar refractivity (Wildman–Crippen MR) is 179 cm³/mol. The number of hydrogen-bond acceptors (Lipinski definition) is 7. The Morgan fingerprint density at radius 2 is 1.78 bits per heavy atom. The van der Waals surface area contributed by atoms with Crippen molar-refractivity contribution in [2.24, 2.45) is 5.92 Å². The van der Waals surface area contributed by atoms with Gasteiger partial charge in [-0.05, 0) is 75.3 Å². The van der Waals surface area contributed by atoms with Gasteiger partial charge in [-0.15, -0.1) is 0 Å². The van der Waals surface area contributed by atoms with Crippen LogP contribution in [0.1, 0.15) is 23.2 Å². The van der Waals surface area contributed by atoms with Gasteiger partial charge in [0.25, 0.3) is 5.91 Å². The average molecular weight is 613 g/mol. The number of piperidine rings is 1. The minimum Gasteiger partial charge on any atom is -0.349 e. The van der Waals surface area contributed by atoms with Gasteiger partial charge in [0.05, 0.1) is 22.8 Å². The highest BCUT2D eigenvalue weighted by molar-refractivity contribution is 6.00. The first-order chi connectivity index (χ1) is 22.4. The first kappa shape index (κ1) is 29.4. The minimum atomic E-state index is -0.198. The molecule has 10 nitrogen and oxygen atoms in total. The molecule has 3 aromatic heterocycles. The number of aromatic nitrogens is 4. The number of rotatable bonds is 9. The molecule has 3 unspecified atom stereocenters. The Labute approximate surface area is 267 Å². The van der Waals surface area contributed by atoms with E-state index in [-0.39, 0.29) is 23.9 Å². The molecule has 2 aromatic carbocycles. The fraction of sp³-hybridized carbons (Fsp3) is 0.250. The number of carbonyl (C=O) groups excluding carboxylic acids is 2. The summed E-state index contributed by atoms with van der Waals surface area (Å²) in [5.74, 6) is 0.759. The van der Waals surface area contributed by atoms with Crippen LogP contribution < -0.4 is 10.6 Å². The number of amides is 2. The fourth-order valence-electron chi connectivity index (χ4n) is 6.61. The lowest BCUT2D eigenvalue weighted by atomic mass is 10.0. The van der Waals surface area contributed by atoms with Crippen molar-refractivity contribution in [1.82, 2.24) is 29.4 Å². The van der Waals surface area contributed by atoms with Gasteiger partial charge in [-0.3, -0.25) is 9.59 Å². The van der Waals surface area contributed by atoms with E-state index in [0.717, 1.165) is 47.4 Å². The molecular formula is C36H36N8O2. The molecule has 1 aliphatic heterocycles. The zero-order chi connectivity index (χ0) is 31.6. The monoisotopic (exact) mass is 612 g/mol. The molecule has 232 valence electrons. The highest BCUT2D eigenvalue weighted by Crippen LogP contribution is 2.40. The van der Waals surface area contributed by atoms with Crippen molar-refractivity contribution in [3.63, 3.8) is 0 Å². The summed E-state index contributed by atoms with van der Waals surface area (Å²) >= 11 is 0. The SMILES string of the molecule is CN(C)C/C=C/C(=O)Nc1ccc(C(=O)N2CC3CC(Nc4nccc(-c5c(-c6ccccc6)nn6ccccc56)n4)C2C3)cc1. The van der Waals surface area contributed by atoms with Crippen LogP contribution in [0, 0.1) is 5.92 Å². The number of carbonyl (C=O) groups is 2. The van der Waals surface area contributed by atoms with Crippen molar-refractivity contribution in [1.29, 1.82) is 0 Å². The van der Waals surface area contributed by atoms with E-state index in [1.54, 1.807) is 30.5 Å². The Morgan fingerprint density at radius 1 is 0.978 bits per heavy atom. The first-order valence-corrected chi connectivity index (χ1v) is 15.6. The van der Waals surface area contributed by atoms with Gasteiger partial charge >= 0.3 is 0 Å². The van der Waals surface area contributed by atoms with Crippen LogP contribution in [0.15, 0.2) is 103 Å². The van der Waals surface area contributed by atoms with Crippen LogP contribution >= 0.6 is 0 Å². The second-order valence-electron chi connectivity index (χ2n) is 12.2. The van der Waals surface area contributed by atoms with E-state index in [4.69, 9.17) is 10.1 Å². The lowest BCUT2D eigenvalue weighted by Gasteiger charge is -2.34. The Morgan fingerprint density at radius 3 is 2.57 bits per heavy atom. The van der Waals surface area contributed by atoms with Crippen LogP contribution in [0.2, 0.25) is 0 Å². The number of nitrogens with one attached hydrogen (secondary N) is 2. The molecule has 2 amide bonds. The Kier molecular flexibility index (Phi) is 8.02. The molecule has 3 atom stereocenters. The van der Waals surface area contributed by atoms with Crippen molar-refractivity contribution in [3.05, 3.63) is 109 Å². The van der Waals surface area contributed by atoms with Crippen LogP contribution in [0.25, 0.3) is 28.0 Å². The molecule has 1 saturated carbocycles. The van der Waals surface area contributed by atoms with Gasteiger partial charge in [0.15, 0.2) is 0 Å². The van der Waals surface area contributed by atoms with Gasteiger partial charge in [-0.25, -0.2) is 14.5 Å². The number of hydrogen-bond donors (Lipinski definition) is 2. The van der Waals surface area contributed by atoms with Crippen LogP contribution in [0.5, 0.6) is 0 Å². The van der Waals surface area contributed by atoms with Crippen LogP contribution in [-0.2, 0) is 4.79 Å². The Bertz CT molecular complexity index is 1900. The Hall–Kier alpha value is -5.35. The molecule has 10 heteroatoms. The summed E-state index contributed by atoms with van der Waals surface area (Å²) in [5.41, 5.74) is 5.84. The van der Waals surface area contributed by atoms with Crippen LogP contribution in [0.4, 0.5) is 11.6 Å². The van der Waals surface area contributed by atoms with Gasteiger partial charge in [-0.1, -0.05) is 42.5 Å². The van der Waals surface area contributed by atoms with Crippen molar-refractivity contribution < 1.29 is 9.59 Å². The van der Waals surface area contributed by atoms with E-state index in [1.807, 2.05) is 83.1 Å².